The van der Waals surface area contributed by atoms with Crippen molar-refractivity contribution in [2.45, 2.75) is 12.7 Å². The second kappa shape index (κ2) is 5.63. The molecule has 0 atom stereocenters. The molecule has 2 aromatic rings. The van der Waals surface area contributed by atoms with Crippen molar-refractivity contribution in [3.8, 4) is 5.75 Å². The minimum atomic E-state index is -4.40. The van der Waals surface area contributed by atoms with Gasteiger partial charge < -0.3 is 10.4 Å². The van der Waals surface area contributed by atoms with Crippen LogP contribution in [0.3, 0.4) is 0 Å². The molecule has 0 aliphatic carbocycles. The summed E-state index contributed by atoms with van der Waals surface area (Å²) in [7, 11) is 0. The van der Waals surface area contributed by atoms with E-state index in [0.717, 1.165) is 17.7 Å². The first-order chi connectivity index (χ1) is 9.36. The molecule has 2 N–H and O–H groups in total. The highest BCUT2D eigenvalue weighted by atomic mass is 35.5. The summed E-state index contributed by atoms with van der Waals surface area (Å²) in [5.41, 5.74) is 0.518. The van der Waals surface area contributed by atoms with Crippen molar-refractivity contribution in [1.82, 2.24) is 0 Å². The molecule has 0 fully saturated rings. The van der Waals surface area contributed by atoms with E-state index in [0.29, 0.717) is 12.2 Å². The normalized spacial score (nSPS) is 11.4. The number of phenolic OH excluding ortho intramolecular Hbond substituents is 1. The maximum atomic E-state index is 12.5. The van der Waals surface area contributed by atoms with Gasteiger partial charge in [0.1, 0.15) is 5.75 Å². The van der Waals surface area contributed by atoms with Gasteiger partial charge in [-0.25, -0.2) is 0 Å². The molecule has 0 radical (unpaired) electrons. The summed E-state index contributed by atoms with van der Waals surface area (Å²) in [5.74, 6) is 0.154. The number of anilines is 1. The van der Waals surface area contributed by atoms with Crippen LogP contribution >= 0.6 is 11.6 Å². The predicted molar refractivity (Wildman–Crippen MR) is 71.9 cm³/mol. The fraction of sp³-hybridized carbons (Fsp3) is 0.143. The first-order valence-electron chi connectivity index (χ1n) is 5.75. The molecule has 2 nitrogen and oxygen atoms in total. The lowest BCUT2D eigenvalue weighted by Crippen LogP contribution is -2.06. The number of benzene rings is 2. The minimum Gasteiger partial charge on any atom is -0.508 e. The van der Waals surface area contributed by atoms with Crippen molar-refractivity contribution in [2.75, 3.05) is 5.32 Å². The standard InChI is InChI=1S/C14H11ClF3NO/c15-12-7-10(14(16,17)18)3-6-13(12)19-8-9-1-4-11(20)5-2-9/h1-7,19-20H,8H2. The Morgan fingerprint density at radius 3 is 2.25 bits per heavy atom. The van der Waals surface area contributed by atoms with Crippen LogP contribution in [0.1, 0.15) is 11.1 Å². The molecule has 0 saturated heterocycles. The number of alkyl halides is 3. The van der Waals surface area contributed by atoms with Crippen LogP contribution in [0, 0.1) is 0 Å². The molecule has 0 saturated carbocycles. The summed E-state index contributed by atoms with van der Waals surface area (Å²) in [6.45, 7) is 0.394. The van der Waals surface area contributed by atoms with Crippen molar-refractivity contribution >= 4 is 17.3 Å². The van der Waals surface area contributed by atoms with E-state index >= 15 is 0 Å². The molecule has 20 heavy (non-hydrogen) atoms. The Hall–Kier alpha value is -1.88. The Labute approximate surface area is 118 Å². The highest BCUT2D eigenvalue weighted by Gasteiger charge is 2.30. The molecular formula is C14H11ClF3NO. The lowest BCUT2D eigenvalue weighted by atomic mass is 10.2. The van der Waals surface area contributed by atoms with Gasteiger partial charge in [-0.1, -0.05) is 23.7 Å². The monoisotopic (exact) mass is 301 g/mol. The number of rotatable bonds is 3. The molecule has 0 amide bonds. The Kier molecular flexibility index (Phi) is 4.09. The zero-order valence-corrected chi connectivity index (χ0v) is 11.0. The predicted octanol–water partition coefficient (Wildman–Crippen LogP) is 4.68. The summed E-state index contributed by atoms with van der Waals surface area (Å²) >= 11 is 5.82. The van der Waals surface area contributed by atoms with Crippen LogP contribution < -0.4 is 5.32 Å². The molecule has 0 bridgehead atoms. The Bertz CT molecular complexity index is 596. The third-order valence-electron chi connectivity index (χ3n) is 2.72. The van der Waals surface area contributed by atoms with Gasteiger partial charge in [-0.15, -0.1) is 0 Å². The fourth-order valence-corrected chi connectivity index (χ4v) is 1.89. The molecule has 2 aromatic carbocycles. The van der Waals surface area contributed by atoms with Crippen molar-refractivity contribution in [3.05, 3.63) is 58.6 Å². The Morgan fingerprint density at radius 1 is 1.05 bits per heavy atom. The maximum Gasteiger partial charge on any atom is 0.416 e. The second-order valence-corrected chi connectivity index (χ2v) is 4.62. The largest absolute Gasteiger partial charge is 0.508 e. The molecule has 0 aliphatic rings. The lowest BCUT2D eigenvalue weighted by molar-refractivity contribution is -0.137. The van der Waals surface area contributed by atoms with Crippen LogP contribution in [0.5, 0.6) is 5.75 Å². The van der Waals surface area contributed by atoms with Gasteiger partial charge in [-0.2, -0.15) is 13.2 Å². The first kappa shape index (κ1) is 14.5. The third kappa shape index (κ3) is 3.57. The lowest BCUT2D eigenvalue weighted by Gasteiger charge is -2.12. The van der Waals surface area contributed by atoms with Crippen molar-refractivity contribution in [2.24, 2.45) is 0 Å². The third-order valence-corrected chi connectivity index (χ3v) is 3.03. The van der Waals surface area contributed by atoms with E-state index in [9.17, 15) is 13.2 Å². The van der Waals surface area contributed by atoms with Crippen LogP contribution in [-0.4, -0.2) is 5.11 Å². The van der Waals surface area contributed by atoms with Crippen molar-refractivity contribution < 1.29 is 18.3 Å². The quantitative estimate of drug-likeness (QED) is 0.863. The number of hydrogen-bond donors (Lipinski definition) is 2. The maximum absolute atomic E-state index is 12.5. The molecule has 2 rings (SSSR count). The van der Waals surface area contributed by atoms with Crippen LogP contribution in [0.25, 0.3) is 0 Å². The number of hydrogen-bond acceptors (Lipinski definition) is 2. The van der Waals surface area contributed by atoms with Gasteiger partial charge in [0, 0.05) is 6.54 Å². The van der Waals surface area contributed by atoms with Gasteiger partial charge in [0.15, 0.2) is 0 Å². The number of nitrogens with one attached hydrogen (secondary N) is 1. The summed E-state index contributed by atoms with van der Waals surface area (Å²) in [5, 5.41) is 12.1. The zero-order chi connectivity index (χ0) is 14.8. The highest BCUT2D eigenvalue weighted by molar-refractivity contribution is 6.33. The zero-order valence-electron chi connectivity index (χ0n) is 10.2. The van der Waals surface area contributed by atoms with E-state index in [1.54, 1.807) is 12.1 Å². The number of halogens is 4. The Morgan fingerprint density at radius 2 is 1.70 bits per heavy atom. The van der Waals surface area contributed by atoms with E-state index in [-0.39, 0.29) is 10.8 Å². The summed E-state index contributed by atoms with van der Waals surface area (Å²) in [6.07, 6.45) is -4.40. The van der Waals surface area contributed by atoms with Gasteiger partial charge >= 0.3 is 6.18 Å². The molecule has 0 unspecified atom stereocenters. The highest BCUT2D eigenvalue weighted by Crippen LogP contribution is 2.33. The Balaban J connectivity index is 2.08. The molecule has 0 aromatic heterocycles. The van der Waals surface area contributed by atoms with Gasteiger partial charge in [0.25, 0.3) is 0 Å². The number of phenols is 1. The number of aromatic hydroxyl groups is 1. The second-order valence-electron chi connectivity index (χ2n) is 4.21. The molecule has 0 spiro atoms. The van der Waals surface area contributed by atoms with Gasteiger partial charge in [-0.05, 0) is 35.9 Å². The molecule has 106 valence electrons. The molecule has 0 heterocycles. The summed E-state index contributed by atoms with van der Waals surface area (Å²) < 4.78 is 37.5. The van der Waals surface area contributed by atoms with E-state index in [1.165, 1.54) is 18.2 Å². The molecule has 0 aliphatic heterocycles. The summed E-state index contributed by atoms with van der Waals surface area (Å²) in [4.78, 5) is 0. The fourth-order valence-electron chi connectivity index (χ4n) is 1.65. The molecule has 6 heteroatoms. The van der Waals surface area contributed by atoms with Crippen LogP contribution in [0.2, 0.25) is 5.02 Å². The van der Waals surface area contributed by atoms with Gasteiger partial charge in [0.2, 0.25) is 0 Å². The smallest absolute Gasteiger partial charge is 0.416 e. The van der Waals surface area contributed by atoms with E-state index < -0.39 is 11.7 Å². The van der Waals surface area contributed by atoms with E-state index in [1.807, 2.05) is 0 Å². The van der Waals surface area contributed by atoms with Crippen LogP contribution in [0.4, 0.5) is 18.9 Å². The van der Waals surface area contributed by atoms with Gasteiger partial charge in [-0.3, -0.25) is 0 Å². The van der Waals surface area contributed by atoms with Crippen molar-refractivity contribution in [1.29, 1.82) is 0 Å². The molecular weight excluding hydrogens is 291 g/mol. The van der Waals surface area contributed by atoms with Crippen LogP contribution in [-0.2, 0) is 12.7 Å². The van der Waals surface area contributed by atoms with E-state index in [4.69, 9.17) is 16.7 Å². The first-order valence-corrected chi connectivity index (χ1v) is 6.12. The SMILES string of the molecule is Oc1ccc(CNc2ccc(C(F)(F)F)cc2Cl)cc1. The average molecular weight is 302 g/mol. The summed E-state index contributed by atoms with van der Waals surface area (Å²) in [6, 6.07) is 9.65. The average Bonchev–Trinajstić information content (AvgIpc) is 2.38. The topological polar surface area (TPSA) is 32.3 Å². The minimum absolute atomic E-state index is 0.0126. The van der Waals surface area contributed by atoms with E-state index in [2.05, 4.69) is 5.32 Å². The van der Waals surface area contributed by atoms with Gasteiger partial charge in [0.05, 0.1) is 16.3 Å². The van der Waals surface area contributed by atoms with Crippen molar-refractivity contribution in [3.63, 3.8) is 0 Å². The van der Waals surface area contributed by atoms with Crippen LogP contribution in [0.15, 0.2) is 42.5 Å².